The van der Waals surface area contributed by atoms with E-state index in [4.69, 9.17) is 5.73 Å². The standard InChI is InChI=1S/C10H9FN2OS/c1-15(14)9-5-13-8-4-6(11)2-3-7(8)10(9)12/h2-5H,1H3,(H2,12,13)/t15-/m1/s1. The first-order chi connectivity index (χ1) is 7.09. The van der Waals surface area contributed by atoms with Gasteiger partial charge in [-0.1, -0.05) is 0 Å². The number of halogens is 1. The van der Waals surface area contributed by atoms with Crippen LogP contribution in [-0.2, 0) is 10.8 Å². The van der Waals surface area contributed by atoms with E-state index in [1.54, 1.807) is 6.07 Å². The van der Waals surface area contributed by atoms with Gasteiger partial charge < -0.3 is 5.73 Å². The molecule has 1 aromatic carbocycles. The summed E-state index contributed by atoms with van der Waals surface area (Å²) in [7, 11) is -1.18. The molecular weight excluding hydrogens is 215 g/mol. The Kier molecular flexibility index (Phi) is 2.40. The fraction of sp³-hybridized carbons (Fsp3) is 0.100. The maximum absolute atomic E-state index is 12.9. The highest BCUT2D eigenvalue weighted by Gasteiger charge is 2.08. The summed E-state index contributed by atoms with van der Waals surface area (Å²) in [6.07, 6.45) is 2.95. The number of hydrogen-bond acceptors (Lipinski definition) is 3. The lowest BCUT2D eigenvalue weighted by atomic mass is 10.2. The lowest BCUT2D eigenvalue weighted by Crippen LogP contribution is -1.98. The number of rotatable bonds is 1. The van der Waals surface area contributed by atoms with Crippen LogP contribution in [0, 0.1) is 5.82 Å². The van der Waals surface area contributed by atoms with Crippen molar-refractivity contribution in [3.05, 3.63) is 30.2 Å². The van der Waals surface area contributed by atoms with Crippen LogP contribution < -0.4 is 5.73 Å². The molecule has 2 aromatic rings. The molecule has 1 aromatic heterocycles. The molecule has 3 nitrogen and oxygen atoms in total. The first-order valence-corrected chi connectivity index (χ1v) is 5.82. The summed E-state index contributed by atoms with van der Waals surface area (Å²) in [5.41, 5.74) is 6.69. The number of anilines is 1. The summed E-state index contributed by atoms with van der Waals surface area (Å²) < 4.78 is 24.2. The number of nitrogen functional groups attached to an aromatic ring is 1. The van der Waals surface area contributed by atoms with Gasteiger partial charge in [-0.15, -0.1) is 0 Å². The first-order valence-electron chi connectivity index (χ1n) is 4.27. The van der Waals surface area contributed by atoms with Crippen molar-refractivity contribution >= 4 is 27.4 Å². The van der Waals surface area contributed by atoms with Crippen molar-refractivity contribution in [3.63, 3.8) is 0 Å². The number of aromatic nitrogens is 1. The molecule has 0 spiro atoms. The second kappa shape index (κ2) is 3.58. The fourth-order valence-electron chi connectivity index (χ4n) is 1.40. The van der Waals surface area contributed by atoms with Gasteiger partial charge in [0.15, 0.2) is 0 Å². The molecule has 0 unspecified atom stereocenters. The van der Waals surface area contributed by atoms with Gasteiger partial charge in [0.1, 0.15) is 5.82 Å². The Bertz CT molecular complexity index is 556. The van der Waals surface area contributed by atoms with Crippen LogP contribution in [0.4, 0.5) is 10.1 Å². The predicted molar refractivity (Wildman–Crippen MR) is 58.4 cm³/mol. The Balaban J connectivity index is 2.80. The summed E-state index contributed by atoms with van der Waals surface area (Å²) in [5, 5.41) is 0.629. The molecule has 0 fully saturated rings. The third kappa shape index (κ3) is 1.70. The number of fused-ring (bicyclic) bond motifs is 1. The number of nitrogens with two attached hydrogens (primary N) is 1. The van der Waals surface area contributed by atoms with Gasteiger partial charge >= 0.3 is 0 Å². The molecule has 0 saturated carbocycles. The van der Waals surface area contributed by atoms with E-state index in [-0.39, 0.29) is 5.82 Å². The van der Waals surface area contributed by atoms with E-state index < -0.39 is 10.8 Å². The van der Waals surface area contributed by atoms with Crippen molar-refractivity contribution in [1.82, 2.24) is 4.98 Å². The average Bonchev–Trinajstić information content (AvgIpc) is 2.17. The summed E-state index contributed by atoms with van der Waals surface area (Å²) in [5.74, 6) is -0.361. The minimum absolute atomic E-state index is 0.361. The van der Waals surface area contributed by atoms with Crippen LogP contribution in [0.3, 0.4) is 0 Å². The zero-order chi connectivity index (χ0) is 11.0. The molecule has 0 saturated heterocycles. The molecule has 0 bridgehead atoms. The second-order valence-corrected chi connectivity index (χ2v) is 4.50. The maximum Gasteiger partial charge on any atom is 0.125 e. The molecule has 15 heavy (non-hydrogen) atoms. The third-order valence-electron chi connectivity index (χ3n) is 2.15. The Labute approximate surface area is 88.6 Å². The SMILES string of the molecule is C[S@@](=O)c1cnc2cc(F)ccc2c1N. The van der Waals surface area contributed by atoms with Gasteiger partial charge in [-0.3, -0.25) is 9.19 Å². The third-order valence-corrected chi connectivity index (χ3v) is 3.09. The lowest BCUT2D eigenvalue weighted by Gasteiger charge is -2.05. The normalized spacial score (nSPS) is 12.9. The molecule has 1 atom stereocenters. The van der Waals surface area contributed by atoms with Crippen LogP contribution in [0.1, 0.15) is 0 Å². The molecule has 2 rings (SSSR count). The molecule has 1 heterocycles. The highest BCUT2D eigenvalue weighted by atomic mass is 32.2. The van der Waals surface area contributed by atoms with Crippen LogP contribution in [-0.4, -0.2) is 15.4 Å². The van der Waals surface area contributed by atoms with Crippen molar-refractivity contribution in [2.45, 2.75) is 4.90 Å². The van der Waals surface area contributed by atoms with Crippen molar-refractivity contribution in [3.8, 4) is 0 Å². The molecule has 78 valence electrons. The largest absolute Gasteiger partial charge is 0.397 e. The Morgan fingerprint density at radius 3 is 2.87 bits per heavy atom. The van der Waals surface area contributed by atoms with Crippen LogP contribution in [0.5, 0.6) is 0 Å². The Morgan fingerprint density at radius 1 is 1.47 bits per heavy atom. The van der Waals surface area contributed by atoms with Gasteiger partial charge in [-0.2, -0.15) is 0 Å². The van der Waals surface area contributed by atoms with E-state index in [9.17, 15) is 8.60 Å². The molecule has 5 heteroatoms. The van der Waals surface area contributed by atoms with Gasteiger partial charge in [0.25, 0.3) is 0 Å². The van der Waals surface area contributed by atoms with E-state index in [0.29, 0.717) is 21.5 Å². The molecule has 0 radical (unpaired) electrons. The van der Waals surface area contributed by atoms with E-state index in [1.807, 2.05) is 0 Å². The quantitative estimate of drug-likeness (QED) is 0.802. The van der Waals surface area contributed by atoms with Gasteiger partial charge in [0.2, 0.25) is 0 Å². The zero-order valence-corrected chi connectivity index (χ0v) is 8.84. The predicted octanol–water partition coefficient (Wildman–Crippen LogP) is 1.69. The smallest absolute Gasteiger partial charge is 0.125 e. The van der Waals surface area contributed by atoms with Gasteiger partial charge in [0.05, 0.1) is 26.9 Å². The molecule has 0 aliphatic carbocycles. The highest BCUT2D eigenvalue weighted by Crippen LogP contribution is 2.25. The molecule has 2 N–H and O–H groups in total. The number of nitrogens with zero attached hydrogens (tertiary/aromatic N) is 1. The monoisotopic (exact) mass is 224 g/mol. The van der Waals surface area contributed by atoms with Crippen molar-refractivity contribution in [2.75, 3.05) is 12.0 Å². The van der Waals surface area contributed by atoms with Crippen LogP contribution in [0.15, 0.2) is 29.3 Å². The molecular formula is C10H9FN2OS. The first kappa shape index (κ1) is 10.0. The van der Waals surface area contributed by atoms with E-state index in [1.165, 1.54) is 24.6 Å². The van der Waals surface area contributed by atoms with Crippen molar-refractivity contribution in [2.24, 2.45) is 0 Å². The van der Waals surface area contributed by atoms with Crippen LogP contribution in [0.25, 0.3) is 10.9 Å². The minimum atomic E-state index is -1.18. The number of pyridine rings is 1. The average molecular weight is 224 g/mol. The molecule has 0 amide bonds. The van der Waals surface area contributed by atoms with E-state index in [2.05, 4.69) is 4.98 Å². The topological polar surface area (TPSA) is 56.0 Å². The van der Waals surface area contributed by atoms with Crippen molar-refractivity contribution in [1.29, 1.82) is 0 Å². The summed E-state index contributed by atoms with van der Waals surface area (Å²) in [4.78, 5) is 4.49. The van der Waals surface area contributed by atoms with Crippen molar-refractivity contribution < 1.29 is 8.60 Å². The van der Waals surface area contributed by atoms with E-state index >= 15 is 0 Å². The highest BCUT2D eigenvalue weighted by molar-refractivity contribution is 7.84. The summed E-state index contributed by atoms with van der Waals surface area (Å²) in [6, 6.07) is 4.15. The fourth-order valence-corrected chi connectivity index (χ4v) is 2.02. The molecule has 0 aliphatic heterocycles. The minimum Gasteiger partial charge on any atom is -0.397 e. The van der Waals surface area contributed by atoms with E-state index in [0.717, 1.165) is 0 Å². The summed E-state index contributed by atoms with van der Waals surface area (Å²) in [6.45, 7) is 0. The van der Waals surface area contributed by atoms with Crippen LogP contribution >= 0.6 is 0 Å². The second-order valence-electron chi connectivity index (χ2n) is 3.15. The van der Waals surface area contributed by atoms with Gasteiger partial charge in [-0.25, -0.2) is 4.39 Å². The van der Waals surface area contributed by atoms with Crippen LogP contribution in [0.2, 0.25) is 0 Å². The molecule has 0 aliphatic rings. The van der Waals surface area contributed by atoms with Gasteiger partial charge in [0, 0.05) is 23.9 Å². The Hall–Kier alpha value is -1.49. The maximum atomic E-state index is 12.9. The lowest BCUT2D eigenvalue weighted by molar-refractivity contribution is 0.629. The zero-order valence-electron chi connectivity index (χ0n) is 8.03. The Morgan fingerprint density at radius 2 is 2.20 bits per heavy atom. The number of hydrogen-bond donors (Lipinski definition) is 1. The summed E-state index contributed by atoms with van der Waals surface area (Å²) >= 11 is 0. The number of benzene rings is 1. The van der Waals surface area contributed by atoms with Gasteiger partial charge in [-0.05, 0) is 12.1 Å².